The average Bonchev–Trinajstić information content (AvgIpc) is 2.56. The number of ether oxygens (including phenoxy) is 1. The second-order valence-electron chi connectivity index (χ2n) is 6.82. The fourth-order valence-electron chi connectivity index (χ4n) is 2.31. The molecular weight excluding hydrogens is 334 g/mol. The van der Waals surface area contributed by atoms with E-state index >= 15 is 0 Å². The van der Waals surface area contributed by atoms with Gasteiger partial charge >= 0.3 is 0 Å². The van der Waals surface area contributed by atoms with E-state index in [1.54, 1.807) is 31.2 Å². The lowest BCUT2D eigenvalue weighted by Gasteiger charge is -2.25. The molecule has 1 aromatic rings. The summed E-state index contributed by atoms with van der Waals surface area (Å²) >= 11 is 0. The summed E-state index contributed by atoms with van der Waals surface area (Å²) in [4.78, 5) is 38.0. The number of likely N-dealkylation sites (N-methyl/N-ethyl adjacent to an activating group) is 1. The van der Waals surface area contributed by atoms with Crippen LogP contribution in [-0.4, -0.2) is 54.4 Å². The first-order chi connectivity index (χ1) is 12.2. The third-order valence-electron chi connectivity index (χ3n) is 3.42. The molecule has 0 aliphatic carbocycles. The fourth-order valence-corrected chi connectivity index (χ4v) is 2.31. The zero-order valence-corrected chi connectivity index (χ0v) is 16.2. The van der Waals surface area contributed by atoms with E-state index < -0.39 is 5.91 Å². The second-order valence-corrected chi connectivity index (χ2v) is 6.82. The third kappa shape index (κ3) is 7.13. The van der Waals surface area contributed by atoms with Crippen LogP contribution in [0.15, 0.2) is 24.3 Å². The van der Waals surface area contributed by atoms with E-state index in [1.807, 2.05) is 27.7 Å². The van der Waals surface area contributed by atoms with Crippen molar-refractivity contribution in [2.24, 2.45) is 0 Å². The molecule has 2 N–H and O–H groups in total. The van der Waals surface area contributed by atoms with Crippen molar-refractivity contribution in [2.45, 2.75) is 40.2 Å². The maximum Gasteiger partial charge on any atom is 0.255 e. The van der Waals surface area contributed by atoms with Crippen molar-refractivity contribution in [1.29, 1.82) is 0 Å². The number of carbonyl (C=O) groups is 3. The lowest BCUT2D eigenvalue weighted by molar-refractivity contribution is -0.135. The molecule has 0 saturated heterocycles. The average molecular weight is 363 g/mol. The van der Waals surface area contributed by atoms with Crippen molar-refractivity contribution in [3.05, 3.63) is 29.8 Å². The topological polar surface area (TPSA) is 87.7 Å². The van der Waals surface area contributed by atoms with E-state index in [-0.39, 0.29) is 30.4 Å². The molecule has 0 aliphatic rings. The molecule has 7 heteroatoms. The number of hydrogen-bond donors (Lipinski definition) is 2. The summed E-state index contributed by atoms with van der Waals surface area (Å²) in [7, 11) is 0. The Morgan fingerprint density at radius 2 is 1.77 bits per heavy atom. The number of carbonyl (C=O) groups excluding carboxylic acids is 3. The summed E-state index contributed by atoms with van der Waals surface area (Å²) in [5, 5.41) is 5.41. The van der Waals surface area contributed by atoms with Crippen LogP contribution >= 0.6 is 0 Å². The smallest absolute Gasteiger partial charge is 0.255 e. The van der Waals surface area contributed by atoms with Crippen LogP contribution in [-0.2, 0) is 9.59 Å². The van der Waals surface area contributed by atoms with Gasteiger partial charge in [0, 0.05) is 12.1 Å². The van der Waals surface area contributed by atoms with Crippen molar-refractivity contribution < 1.29 is 19.1 Å². The van der Waals surface area contributed by atoms with Gasteiger partial charge in [0.25, 0.3) is 5.91 Å². The van der Waals surface area contributed by atoms with Crippen molar-refractivity contribution >= 4 is 17.7 Å². The number of nitrogens with one attached hydrogen (secondary N) is 2. The standard InChI is InChI=1S/C19H29N3O4/c1-6-22(13-16(23)21-19(3,4)5)17(24)12-20-18(25)14-10-8-9-11-15(14)26-7-2/h8-11H,6-7,12-13H2,1-5H3,(H,20,25)(H,21,23). The predicted octanol–water partition coefficient (Wildman–Crippen LogP) is 1.58. The lowest BCUT2D eigenvalue weighted by atomic mass is 10.1. The highest BCUT2D eigenvalue weighted by Gasteiger charge is 2.20. The van der Waals surface area contributed by atoms with Gasteiger partial charge in [0.1, 0.15) is 5.75 Å². The van der Waals surface area contributed by atoms with Crippen molar-refractivity contribution in [3.8, 4) is 5.75 Å². The SMILES string of the molecule is CCOc1ccccc1C(=O)NCC(=O)N(CC)CC(=O)NC(C)(C)C. The van der Waals surface area contributed by atoms with Crippen LogP contribution in [0.2, 0.25) is 0 Å². The van der Waals surface area contributed by atoms with Gasteiger partial charge in [-0.05, 0) is 46.8 Å². The molecule has 144 valence electrons. The molecular formula is C19H29N3O4. The molecule has 3 amide bonds. The normalized spacial score (nSPS) is 10.8. The molecule has 1 rings (SSSR count). The molecule has 0 atom stereocenters. The molecule has 26 heavy (non-hydrogen) atoms. The van der Waals surface area contributed by atoms with Gasteiger partial charge in [0.2, 0.25) is 11.8 Å². The van der Waals surface area contributed by atoms with E-state index in [4.69, 9.17) is 4.74 Å². The summed E-state index contributed by atoms with van der Waals surface area (Å²) in [5.41, 5.74) is 0.00666. The number of hydrogen-bond acceptors (Lipinski definition) is 4. The molecule has 7 nitrogen and oxygen atoms in total. The number of rotatable bonds is 8. The molecule has 0 heterocycles. The highest BCUT2D eigenvalue weighted by Crippen LogP contribution is 2.17. The summed E-state index contributed by atoms with van der Waals surface area (Å²) in [6.07, 6.45) is 0. The van der Waals surface area contributed by atoms with Gasteiger partial charge in [-0.1, -0.05) is 12.1 Å². The molecule has 0 aromatic heterocycles. The molecule has 0 unspecified atom stereocenters. The largest absolute Gasteiger partial charge is 0.493 e. The zero-order chi connectivity index (χ0) is 19.7. The van der Waals surface area contributed by atoms with Crippen LogP contribution in [0, 0.1) is 0 Å². The van der Waals surface area contributed by atoms with E-state index in [0.29, 0.717) is 24.5 Å². The highest BCUT2D eigenvalue weighted by molar-refractivity contribution is 5.99. The summed E-state index contributed by atoms with van der Waals surface area (Å²) in [6.45, 7) is 9.83. The van der Waals surface area contributed by atoms with Crippen LogP contribution in [0.3, 0.4) is 0 Å². The molecule has 0 saturated carbocycles. The molecule has 0 radical (unpaired) electrons. The molecule has 0 aliphatic heterocycles. The minimum Gasteiger partial charge on any atom is -0.493 e. The maximum atomic E-state index is 12.3. The Kier molecular flexibility index (Phi) is 8.09. The van der Waals surface area contributed by atoms with Crippen LogP contribution < -0.4 is 15.4 Å². The summed E-state index contributed by atoms with van der Waals surface area (Å²) < 4.78 is 5.42. The second kappa shape index (κ2) is 9.79. The third-order valence-corrected chi connectivity index (χ3v) is 3.42. The highest BCUT2D eigenvalue weighted by atomic mass is 16.5. The molecule has 0 spiro atoms. The Labute approximate surface area is 155 Å². The van der Waals surface area contributed by atoms with Gasteiger partial charge in [0.15, 0.2) is 0 Å². The number of benzene rings is 1. The first-order valence-electron chi connectivity index (χ1n) is 8.76. The minimum atomic E-state index is -0.391. The van der Waals surface area contributed by atoms with Gasteiger partial charge in [-0.2, -0.15) is 0 Å². The van der Waals surface area contributed by atoms with E-state index in [0.717, 1.165) is 0 Å². The van der Waals surface area contributed by atoms with Gasteiger partial charge in [-0.15, -0.1) is 0 Å². The number of para-hydroxylation sites is 1. The first kappa shape index (κ1) is 21.5. The van der Waals surface area contributed by atoms with Crippen LogP contribution in [0.1, 0.15) is 45.0 Å². The Morgan fingerprint density at radius 1 is 1.12 bits per heavy atom. The van der Waals surface area contributed by atoms with Crippen LogP contribution in [0.25, 0.3) is 0 Å². The summed E-state index contributed by atoms with van der Waals surface area (Å²) in [5.74, 6) is -0.478. The van der Waals surface area contributed by atoms with Crippen molar-refractivity contribution in [1.82, 2.24) is 15.5 Å². The molecule has 1 aromatic carbocycles. The molecule has 0 bridgehead atoms. The zero-order valence-electron chi connectivity index (χ0n) is 16.2. The number of nitrogens with zero attached hydrogens (tertiary/aromatic N) is 1. The van der Waals surface area contributed by atoms with E-state index in [1.165, 1.54) is 4.90 Å². The quantitative estimate of drug-likeness (QED) is 0.734. The predicted molar refractivity (Wildman–Crippen MR) is 100 cm³/mol. The minimum absolute atomic E-state index is 0.0436. The van der Waals surface area contributed by atoms with Gasteiger partial charge in [-0.25, -0.2) is 0 Å². The van der Waals surface area contributed by atoms with Gasteiger partial charge in [0.05, 0.1) is 25.3 Å². The van der Waals surface area contributed by atoms with E-state index in [2.05, 4.69) is 10.6 Å². The van der Waals surface area contributed by atoms with Crippen molar-refractivity contribution in [3.63, 3.8) is 0 Å². The van der Waals surface area contributed by atoms with Gasteiger partial charge in [-0.3, -0.25) is 14.4 Å². The van der Waals surface area contributed by atoms with Gasteiger partial charge < -0.3 is 20.3 Å². The van der Waals surface area contributed by atoms with Crippen molar-refractivity contribution in [2.75, 3.05) is 26.2 Å². The Bertz CT molecular complexity index is 638. The monoisotopic (exact) mass is 363 g/mol. The first-order valence-corrected chi connectivity index (χ1v) is 8.76. The lowest BCUT2D eigenvalue weighted by Crippen LogP contribution is -2.49. The van der Waals surface area contributed by atoms with Crippen LogP contribution in [0.5, 0.6) is 5.75 Å². The summed E-state index contributed by atoms with van der Waals surface area (Å²) in [6, 6.07) is 6.85. The Hall–Kier alpha value is -2.57. The van der Waals surface area contributed by atoms with Crippen LogP contribution in [0.4, 0.5) is 0 Å². The maximum absolute atomic E-state index is 12.3. The number of amides is 3. The fraction of sp³-hybridized carbons (Fsp3) is 0.526. The Balaban J connectivity index is 2.63. The molecule has 0 fully saturated rings. The van der Waals surface area contributed by atoms with E-state index in [9.17, 15) is 14.4 Å². The Morgan fingerprint density at radius 3 is 2.35 bits per heavy atom.